The minimum absolute atomic E-state index is 0.0556. The summed E-state index contributed by atoms with van der Waals surface area (Å²) in [6.07, 6.45) is 18.1. The van der Waals surface area contributed by atoms with Crippen molar-refractivity contribution in [3.8, 4) is 0 Å². The Kier molecular flexibility index (Phi) is 8.85. The van der Waals surface area contributed by atoms with Gasteiger partial charge in [0, 0.05) is 43.7 Å². The largest absolute Gasteiger partial charge is 0.478 e. The topological polar surface area (TPSA) is 55.8 Å². The lowest BCUT2D eigenvalue weighted by atomic mass is 9.36. The van der Waals surface area contributed by atoms with Gasteiger partial charge in [0.1, 0.15) is 0 Å². The number of likely N-dealkylation sites (tertiary alicyclic amines) is 1. The van der Waals surface area contributed by atoms with Crippen LogP contribution in [0.25, 0.3) is 5.57 Å². The van der Waals surface area contributed by atoms with Crippen LogP contribution in [0.5, 0.6) is 0 Å². The Bertz CT molecular complexity index is 1530. The Morgan fingerprint density at radius 1 is 0.940 bits per heavy atom. The van der Waals surface area contributed by atoms with E-state index in [1.807, 2.05) is 11.9 Å². The minimum atomic E-state index is -0.849. The van der Waals surface area contributed by atoms with E-state index in [2.05, 4.69) is 80.2 Å². The quantitative estimate of drug-likeness (QED) is 0.209. The molecular weight excluding hydrogens is 635 g/mol. The maximum atomic E-state index is 11.6. The Labute approximate surface area is 307 Å². The number of allylic oxidation sites excluding steroid dienone is 3. The molecule has 0 aromatic heterocycles. The fourth-order valence-corrected chi connectivity index (χ4v) is 15.6. The molecule has 6 heteroatoms. The van der Waals surface area contributed by atoms with Crippen molar-refractivity contribution in [3.63, 3.8) is 0 Å². The number of hydrogen-bond acceptors (Lipinski definition) is 5. The zero-order valence-electron chi connectivity index (χ0n) is 32.0. The van der Waals surface area contributed by atoms with Crippen LogP contribution in [-0.4, -0.2) is 71.3 Å². The maximum Gasteiger partial charge on any atom is 0.335 e. The number of hydrogen-bond donors (Lipinski definition) is 2. The Morgan fingerprint density at radius 2 is 1.68 bits per heavy atom. The summed E-state index contributed by atoms with van der Waals surface area (Å²) < 4.78 is 2.54. The number of nitrogens with zero attached hydrogens (tertiary/aromatic N) is 2. The highest BCUT2D eigenvalue weighted by Crippen LogP contribution is 2.73. The molecule has 5 aliphatic carbocycles. The monoisotopic (exact) mass is 699 g/mol. The summed E-state index contributed by atoms with van der Waals surface area (Å²) in [6.45, 7) is 24.9. The fraction of sp³-hybridized carbons (Fsp3) is 0.750. The number of benzene rings is 1. The molecule has 5 nitrogen and oxygen atoms in total. The molecule has 1 spiro atoms. The molecule has 6 fully saturated rings. The third kappa shape index (κ3) is 5.37. The Hall–Kier alpha value is -1.60. The van der Waals surface area contributed by atoms with Crippen molar-refractivity contribution in [2.45, 2.75) is 104 Å². The summed E-state index contributed by atoms with van der Waals surface area (Å²) in [5, 5.41) is 13.9. The van der Waals surface area contributed by atoms with Gasteiger partial charge in [-0.05, 0) is 159 Å². The molecule has 8 rings (SSSR count). The summed E-state index contributed by atoms with van der Waals surface area (Å²) >= 11 is 1.92. The predicted octanol–water partition coefficient (Wildman–Crippen LogP) is 9.27. The van der Waals surface area contributed by atoms with Crippen molar-refractivity contribution in [1.82, 2.24) is 14.5 Å². The zero-order chi connectivity index (χ0) is 35.3. The van der Waals surface area contributed by atoms with Crippen LogP contribution >= 0.6 is 11.9 Å². The summed E-state index contributed by atoms with van der Waals surface area (Å²) in [7, 11) is 0. The van der Waals surface area contributed by atoms with Gasteiger partial charge in [-0.15, -0.1) is 0 Å². The predicted molar refractivity (Wildman–Crippen MR) is 208 cm³/mol. The molecule has 2 saturated heterocycles. The first-order valence-electron chi connectivity index (χ1n) is 20.2. The van der Waals surface area contributed by atoms with Crippen LogP contribution in [0.3, 0.4) is 0 Å². The Balaban J connectivity index is 1.00. The zero-order valence-corrected chi connectivity index (χ0v) is 32.8. The van der Waals surface area contributed by atoms with Crippen LogP contribution in [0.2, 0.25) is 0 Å². The molecule has 0 bridgehead atoms. The van der Waals surface area contributed by atoms with Crippen LogP contribution in [0, 0.1) is 57.2 Å². The number of aromatic carboxylic acids is 1. The second-order valence-corrected chi connectivity index (χ2v) is 20.5. The van der Waals surface area contributed by atoms with E-state index in [9.17, 15) is 9.90 Å². The molecule has 2 heterocycles. The van der Waals surface area contributed by atoms with Gasteiger partial charge in [0.05, 0.1) is 5.56 Å². The van der Waals surface area contributed by atoms with E-state index >= 15 is 0 Å². The molecule has 8 unspecified atom stereocenters. The first kappa shape index (κ1) is 35.4. The van der Waals surface area contributed by atoms with E-state index < -0.39 is 5.97 Å². The van der Waals surface area contributed by atoms with Gasteiger partial charge in [-0.25, -0.2) is 9.10 Å². The molecule has 50 heavy (non-hydrogen) atoms. The summed E-state index contributed by atoms with van der Waals surface area (Å²) in [6, 6.07) is 7.68. The number of carboxylic acids is 1. The molecule has 9 atom stereocenters. The third-order valence-corrected chi connectivity index (χ3v) is 17.7. The maximum absolute atomic E-state index is 11.6. The van der Waals surface area contributed by atoms with Gasteiger partial charge >= 0.3 is 5.97 Å². The first-order chi connectivity index (χ1) is 23.8. The van der Waals surface area contributed by atoms with Crippen LogP contribution < -0.4 is 5.32 Å². The third-order valence-electron chi connectivity index (χ3n) is 16.9. The fourth-order valence-electron chi connectivity index (χ4n) is 14.8. The van der Waals surface area contributed by atoms with E-state index in [0.29, 0.717) is 39.2 Å². The average molecular weight is 700 g/mol. The number of carboxylic acid groups (broad SMARTS) is 1. The average Bonchev–Trinajstić information content (AvgIpc) is 3.67. The summed E-state index contributed by atoms with van der Waals surface area (Å²) in [4.78, 5) is 14.3. The highest BCUT2D eigenvalue weighted by molar-refractivity contribution is 7.96. The van der Waals surface area contributed by atoms with Crippen molar-refractivity contribution in [2.75, 3.05) is 45.5 Å². The molecule has 2 aliphatic heterocycles. The number of rotatable bonds is 8. The van der Waals surface area contributed by atoms with Crippen molar-refractivity contribution < 1.29 is 9.90 Å². The molecule has 0 amide bonds. The van der Waals surface area contributed by atoms with Crippen LogP contribution in [0.15, 0.2) is 42.5 Å². The smallest absolute Gasteiger partial charge is 0.335 e. The van der Waals surface area contributed by atoms with Crippen molar-refractivity contribution in [2.24, 2.45) is 57.2 Å². The van der Waals surface area contributed by atoms with Gasteiger partial charge in [0.2, 0.25) is 0 Å². The van der Waals surface area contributed by atoms with Gasteiger partial charge in [0.15, 0.2) is 0 Å². The number of carbonyl (C=O) groups is 1. The van der Waals surface area contributed by atoms with Crippen molar-refractivity contribution >= 4 is 23.5 Å². The van der Waals surface area contributed by atoms with Gasteiger partial charge in [-0.1, -0.05) is 70.0 Å². The van der Waals surface area contributed by atoms with Crippen LogP contribution in [-0.2, 0) is 0 Å². The van der Waals surface area contributed by atoms with Gasteiger partial charge in [-0.3, -0.25) is 0 Å². The van der Waals surface area contributed by atoms with E-state index in [4.69, 9.17) is 0 Å². The Morgan fingerprint density at radius 3 is 2.38 bits per heavy atom. The van der Waals surface area contributed by atoms with Crippen LogP contribution in [0.4, 0.5) is 0 Å². The standard InChI is InChI=1S/C44H65N3O2S/c1-29(2)32-14-20-44(45-23-25-46-24-22-43(26-46)27-47(28-43)50-7)21-16-35-33(38(32)44)12-13-37-41(35,5)19-17-36-40(3,4)34(15-18-42(36,37)6)30-8-10-31(11-9-30)39(48)49/h8-11,15,32-33,35-38,45H,1,12-14,16-28H2,2-7H3,(H,48,49)/t32-,33?,35?,36?,37?,38?,41?,42?,44?/m0/s1. The summed E-state index contributed by atoms with van der Waals surface area (Å²) in [5.41, 5.74) is 6.05. The van der Waals surface area contributed by atoms with Gasteiger partial charge < -0.3 is 15.3 Å². The minimum Gasteiger partial charge on any atom is -0.478 e. The lowest BCUT2D eigenvalue weighted by Gasteiger charge is -2.68. The molecule has 4 saturated carbocycles. The van der Waals surface area contributed by atoms with E-state index in [-0.39, 0.29) is 5.41 Å². The highest BCUT2D eigenvalue weighted by Gasteiger charge is 2.66. The molecule has 2 N–H and O–H groups in total. The van der Waals surface area contributed by atoms with Gasteiger partial charge in [-0.2, -0.15) is 0 Å². The van der Waals surface area contributed by atoms with E-state index in [0.717, 1.165) is 36.6 Å². The molecule has 1 aromatic carbocycles. The SMILES string of the molecule is C=C(C)[C@@H]1CCC2(NCCN3CCC4(C3)CN(SC)C4)CCC3C(CCC4C3(C)CCC3C(C)(C)C(c5ccc(C(=O)O)cc5)=CCC34C)C12. The van der Waals surface area contributed by atoms with E-state index in [1.165, 1.54) is 107 Å². The summed E-state index contributed by atoms with van der Waals surface area (Å²) in [5.74, 6) is 3.55. The first-order valence-corrected chi connectivity index (χ1v) is 21.4. The molecule has 0 radical (unpaired) electrons. The molecule has 274 valence electrons. The van der Waals surface area contributed by atoms with Crippen LogP contribution in [0.1, 0.15) is 115 Å². The number of nitrogens with one attached hydrogen (secondary N) is 1. The molecule has 7 aliphatic rings. The normalized spacial score (nSPS) is 41.8. The lowest BCUT2D eigenvalue weighted by Crippen LogP contribution is -2.64. The second-order valence-electron chi connectivity index (χ2n) is 19.6. The second kappa shape index (κ2) is 12.5. The van der Waals surface area contributed by atoms with Crippen molar-refractivity contribution in [1.29, 1.82) is 0 Å². The lowest BCUT2D eigenvalue weighted by molar-refractivity contribution is -0.175. The molecule has 1 aromatic rings. The highest BCUT2D eigenvalue weighted by atomic mass is 32.2. The van der Waals surface area contributed by atoms with Crippen molar-refractivity contribution in [3.05, 3.63) is 53.6 Å². The van der Waals surface area contributed by atoms with Gasteiger partial charge in [0.25, 0.3) is 0 Å². The number of fused-ring (bicyclic) bond motifs is 7. The van der Waals surface area contributed by atoms with E-state index in [1.54, 1.807) is 12.1 Å². The molecular formula is C44H65N3O2S.